The molecule has 0 unspecified atom stereocenters. The molecular formula is C26H35ClN4O2. The van der Waals surface area contributed by atoms with E-state index >= 15 is 0 Å². The van der Waals surface area contributed by atoms with E-state index in [9.17, 15) is 9.59 Å². The molecule has 1 aromatic heterocycles. The highest BCUT2D eigenvalue weighted by Gasteiger charge is 2.31. The lowest BCUT2D eigenvalue weighted by Crippen LogP contribution is -2.42. The number of carbonyl (C=O) groups excluding carboxylic acids is 1. The Morgan fingerprint density at radius 3 is 2.39 bits per heavy atom. The number of halogens is 1. The highest BCUT2D eigenvalue weighted by molar-refractivity contribution is 6.31. The smallest absolute Gasteiger partial charge is 0.254 e. The molecule has 1 aliphatic carbocycles. The first-order valence-corrected chi connectivity index (χ1v) is 12.3. The summed E-state index contributed by atoms with van der Waals surface area (Å²) in [7, 11) is 4.32. The van der Waals surface area contributed by atoms with Gasteiger partial charge in [0, 0.05) is 52.7 Å². The summed E-state index contributed by atoms with van der Waals surface area (Å²) in [5, 5.41) is 0.574. The van der Waals surface area contributed by atoms with Crippen molar-refractivity contribution in [2.45, 2.75) is 71.6 Å². The number of pyridine rings is 1. The van der Waals surface area contributed by atoms with E-state index in [0.717, 1.165) is 41.9 Å². The largest absolute Gasteiger partial charge is 0.369 e. The van der Waals surface area contributed by atoms with Gasteiger partial charge in [-0.15, -0.1) is 0 Å². The molecule has 1 N–H and O–H groups in total. The molecule has 2 heterocycles. The predicted octanol–water partition coefficient (Wildman–Crippen LogP) is 4.50. The first kappa shape index (κ1) is 23.8. The zero-order valence-electron chi connectivity index (χ0n) is 20.4. The number of amides is 1. The van der Waals surface area contributed by atoms with Gasteiger partial charge in [0.2, 0.25) is 0 Å². The Hall–Kier alpha value is -2.31. The number of nitrogens with one attached hydrogen (secondary N) is 1. The highest BCUT2D eigenvalue weighted by atomic mass is 35.5. The average molecular weight is 471 g/mol. The van der Waals surface area contributed by atoms with Crippen LogP contribution in [-0.2, 0) is 13.1 Å². The number of rotatable bonds is 5. The molecule has 1 fully saturated rings. The van der Waals surface area contributed by atoms with E-state index in [-0.39, 0.29) is 11.5 Å². The summed E-state index contributed by atoms with van der Waals surface area (Å²) < 4.78 is 0. The molecule has 178 valence electrons. The van der Waals surface area contributed by atoms with Crippen molar-refractivity contribution in [3.63, 3.8) is 0 Å². The molecule has 1 aromatic carbocycles. The zero-order valence-corrected chi connectivity index (χ0v) is 21.1. The van der Waals surface area contributed by atoms with Crippen LogP contribution >= 0.6 is 11.6 Å². The summed E-state index contributed by atoms with van der Waals surface area (Å²) in [5.41, 5.74) is 4.96. The Morgan fingerprint density at radius 2 is 1.76 bits per heavy atom. The van der Waals surface area contributed by atoms with E-state index < -0.39 is 0 Å². The molecular weight excluding hydrogens is 436 g/mol. The quantitative estimate of drug-likeness (QED) is 0.698. The molecule has 6 nitrogen and oxygen atoms in total. The van der Waals surface area contributed by atoms with Crippen molar-refractivity contribution in [1.29, 1.82) is 0 Å². The lowest BCUT2D eigenvalue weighted by molar-refractivity contribution is 0.0750. The average Bonchev–Trinajstić information content (AvgIpc) is 3.20. The number of aromatic amines is 1. The lowest BCUT2D eigenvalue weighted by Gasteiger charge is -2.40. The van der Waals surface area contributed by atoms with Gasteiger partial charge in [-0.3, -0.25) is 9.59 Å². The van der Waals surface area contributed by atoms with Crippen molar-refractivity contribution in [3.05, 3.63) is 61.5 Å². The van der Waals surface area contributed by atoms with Gasteiger partial charge in [0.05, 0.1) is 6.54 Å². The van der Waals surface area contributed by atoms with Gasteiger partial charge in [-0.25, -0.2) is 0 Å². The molecule has 2 aliphatic rings. The maximum atomic E-state index is 13.6. The van der Waals surface area contributed by atoms with E-state index in [1.54, 1.807) is 11.0 Å². The number of nitrogens with zero attached hydrogens (tertiary/aromatic N) is 3. The fourth-order valence-electron chi connectivity index (χ4n) is 5.56. The van der Waals surface area contributed by atoms with Gasteiger partial charge in [-0.05, 0) is 89.9 Å². The number of H-pyrrole nitrogens is 1. The number of carbonyl (C=O) groups is 1. The Balaban J connectivity index is 1.60. The molecule has 1 aliphatic heterocycles. The third kappa shape index (κ3) is 4.69. The summed E-state index contributed by atoms with van der Waals surface area (Å²) in [5.74, 6) is -0.0723. The van der Waals surface area contributed by atoms with E-state index in [1.807, 2.05) is 26.0 Å². The molecule has 1 amide bonds. The fraction of sp³-hybridized carbons (Fsp3) is 0.538. The van der Waals surface area contributed by atoms with Crippen LogP contribution in [0.3, 0.4) is 0 Å². The minimum absolute atomic E-state index is 0.0723. The number of hydrogen-bond acceptors (Lipinski definition) is 4. The first-order chi connectivity index (χ1) is 15.7. The number of anilines is 1. The maximum Gasteiger partial charge on any atom is 0.254 e. The van der Waals surface area contributed by atoms with Crippen LogP contribution in [-0.4, -0.2) is 53.4 Å². The second-order valence-electron chi connectivity index (χ2n) is 9.76. The minimum atomic E-state index is -0.103. The van der Waals surface area contributed by atoms with E-state index in [2.05, 4.69) is 35.8 Å². The van der Waals surface area contributed by atoms with Crippen LogP contribution < -0.4 is 10.5 Å². The standard InChI is InChI=1S/C26H35ClN4O2/c1-6-31(21-9-7-20(8-10-21)29(4)5)24-13-19(27)12-22(17(24)3)26(33)30-14-18-11-16(2)28-25(32)23(18)15-30/h11-13,20-21H,6-10,14-15H2,1-5H3,(H,28,32). The summed E-state index contributed by atoms with van der Waals surface area (Å²) in [6.07, 6.45) is 4.63. The van der Waals surface area contributed by atoms with Crippen LogP contribution in [0.2, 0.25) is 5.02 Å². The van der Waals surface area contributed by atoms with Crippen LogP contribution in [0.4, 0.5) is 5.69 Å². The van der Waals surface area contributed by atoms with Crippen molar-refractivity contribution in [3.8, 4) is 0 Å². The lowest BCUT2D eigenvalue weighted by atomic mass is 9.89. The normalized spacial score (nSPS) is 20.3. The second-order valence-corrected chi connectivity index (χ2v) is 10.2. The van der Waals surface area contributed by atoms with Gasteiger partial charge >= 0.3 is 0 Å². The molecule has 2 aromatic rings. The molecule has 33 heavy (non-hydrogen) atoms. The number of benzene rings is 1. The van der Waals surface area contributed by atoms with Gasteiger partial charge in [0.25, 0.3) is 11.5 Å². The summed E-state index contributed by atoms with van der Waals surface area (Å²) >= 11 is 6.55. The fourth-order valence-corrected chi connectivity index (χ4v) is 5.77. The van der Waals surface area contributed by atoms with Crippen LogP contribution in [0.5, 0.6) is 0 Å². The van der Waals surface area contributed by atoms with Gasteiger partial charge in [0.15, 0.2) is 0 Å². The Morgan fingerprint density at radius 1 is 1.09 bits per heavy atom. The number of hydrogen-bond donors (Lipinski definition) is 1. The van der Waals surface area contributed by atoms with Crippen molar-refractivity contribution in [2.75, 3.05) is 25.5 Å². The Labute approximate surface area is 201 Å². The van der Waals surface area contributed by atoms with E-state index in [1.165, 1.54) is 12.8 Å². The topological polar surface area (TPSA) is 59.7 Å². The molecule has 0 spiro atoms. The zero-order chi connectivity index (χ0) is 23.9. The molecule has 7 heteroatoms. The second kappa shape index (κ2) is 9.51. The Bertz CT molecular complexity index is 1100. The number of aromatic nitrogens is 1. The van der Waals surface area contributed by atoms with Crippen LogP contribution in [0.25, 0.3) is 0 Å². The first-order valence-electron chi connectivity index (χ1n) is 11.9. The number of fused-ring (bicyclic) bond motifs is 1. The minimum Gasteiger partial charge on any atom is -0.369 e. The summed E-state index contributed by atoms with van der Waals surface area (Å²) in [4.78, 5) is 35.3. The SMILES string of the molecule is CCN(c1cc(Cl)cc(C(=O)N2Cc3cc(C)[nH]c(=O)c3C2)c1C)C1CCC(N(C)C)CC1. The molecule has 1 saturated carbocycles. The van der Waals surface area contributed by atoms with E-state index in [4.69, 9.17) is 11.6 Å². The third-order valence-electron chi connectivity index (χ3n) is 7.42. The monoisotopic (exact) mass is 470 g/mol. The van der Waals surface area contributed by atoms with Crippen LogP contribution in [0, 0.1) is 13.8 Å². The molecule has 0 saturated heterocycles. The predicted molar refractivity (Wildman–Crippen MR) is 134 cm³/mol. The molecule has 0 radical (unpaired) electrons. The van der Waals surface area contributed by atoms with Gasteiger partial charge in [-0.2, -0.15) is 0 Å². The summed E-state index contributed by atoms with van der Waals surface area (Å²) in [6.45, 7) is 7.71. The van der Waals surface area contributed by atoms with Crippen LogP contribution in [0.15, 0.2) is 23.0 Å². The molecule has 4 rings (SSSR count). The van der Waals surface area contributed by atoms with Crippen molar-refractivity contribution < 1.29 is 4.79 Å². The van der Waals surface area contributed by atoms with E-state index in [0.29, 0.717) is 41.3 Å². The van der Waals surface area contributed by atoms with Gasteiger partial charge in [0.1, 0.15) is 0 Å². The molecule has 0 atom stereocenters. The van der Waals surface area contributed by atoms with Crippen molar-refractivity contribution in [1.82, 2.24) is 14.8 Å². The number of aryl methyl sites for hydroxylation is 1. The third-order valence-corrected chi connectivity index (χ3v) is 7.64. The van der Waals surface area contributed by atoms with Crippen molar-refractivity contribution in [2.24, 2.45) is 0 Å². The van der Waals surface area contributed by atoms with Crippen LogP contribution in [0.1, 0.15) is 65.3 Å². The van der Waals surface area contributed by atoms with Gasteiger partial charge in [-0.1, -0.05) is 11.6 Å². The maximum absolute atomic E-state index is 13.6. The highest BCUT2D eigenvalue weighted by Crippen LogP contribution is 2.35. The molecule has 0 bridgehead atoms. The summed E-state index contributed by atoms with van der Waals surface area (Å²) in [6, 6.07) is 6.83. The van der Waals surface area contributed by atoms with Gasteiger partial charge < -0.3 is 19.7 Å². The van der Waals surface area contributed by atoms with Crippen molar-refractivity contribution >= 4 is 23.2 Å². The Kier molecular flexibility index (Phi) is 6.87.